The number of aryl methyl sites for hydroxylation is 2. The summed E-state index contributed by atoms with van der Waals surface area (Å²) in [5.41, 5.74) is 8.40. The van der Waals surface area contributed by atoms with Crippen LogP contribution in [0.2, 0.25) is 0 Å². The Kier molecular flexibility index (Phi) is 2.87. The zero-order valence-electron chi connectivity index (χ0n) is 9.03. The van der Waals surface area contributed by atoms with Crippen molar-refractivity contribution < 1.29 is 0 Å². The second kappa shape index (κ2) is 4.17. The fourth-order valence-electron chi connectivity index (χ4n) is 1.30. The second-order valence-corrected chi connectivity index (χ2v) is 4.35. The van der Waals surface area contributed by atoms with Gasteiger partial charge in [-0.05, 0) is 41.4 Å². The van der Waals surface area contributed by atoms with Crippen molar-refractivity contribution in [3.05, 3.63) is 34.1 Å². The minimum absolute atomic E-state index is 0.435. The van der Waals surface area contributed by atoms with Crippen LogP contribution in [0.4, 0.5) is 5.82 Å². The summed E-state index contributed by atoms with van der Waals surface area (Å²) in [6.45, 7) is 3.86. The van der Waals surface area contributed by atoms with Gasteiger partial charge in [0.1, 0.15) is 11.5 Å². The van der Waals surface area contributed by atoms with E-state index in [1.807, 2.05) is 26.0 Å². The summed E-state index contributed by atoms with van der Waals surface area (Å²) in [7, 11) is 0. The van der Waals surface area contributed by atoms with Crippen LogP contribution in [-0.4, -0.2) is 15.0 Å². The van der Waals surface area contributed by atoms with E-state index < -0.39 is 0 Å². The van der Waals surface area contributed by atoms with Crippen LogP contribution < -0.4 is 5.73 Å². The van der Waals surface area contributed by atoms with E-state index >= 15 is 0 Å². The van der Waals surface area contributed by atoms with Gasteiger partial charge in [-0.3, -0.25) is 4.98 Å². The molecule has 0 fully saturated rings. The number of nitrogens with zero attached hydrogens (tertiary/aromatic N) is 3. The average Bonchev–Trinajstić information content (AvgIpc) is 2.26. The first kappa shape index (κ1) is 11.0. The smallest absolute Gasteiger partial charge is 0.180 e. The molecule has 2 aromatic heterocycles. The molecular formula is C11H11BrN4. The van der Waals surface area contributed by atoms with Gasteiger partial charge in [0.2, 0.25) is 0 Å². The third kappa shape index (κ3) is 2.04. The van der Waals surface area contributed by atoms with E-state index in [0.717, 1.165) is 21.4 Å². The van der Waals surface area contributed by atoms with Gasteiger partial charge >= 0.3 is 0 Å². The monoisotopic (exact) mass is 278 g/mol. The lowest BCUT2D eigenvalue weighted by atomic mass is 10.2. The zero-order chi connectivity index (χ0) is 11.7. The fourth-order valence-corrected chi connectivity index (χ4v) is 1.47. The quantitative estimate of drug-likeness (QED) is 0.871. The van der Waals surface area contributed by atoms with Crippen LogP contribution in [-0.2, 0) is 0 Å². The molecule has 0 bridgehead atoms. The molecule has 2 N–H and O–H groups in total. The predicted molar refractivity (Wildman–Crippen MR) is 66.8 cm³/mol. The summed E-state index contributed by atoms with van der Waals surface area (Å²) in [5.74, 6) is 0.989. The number of rotatable bonds is 1. The number of halogens is 1. The summed E-state index contributed by atoms with van der Waals surface area (Å²) in [5, 5.41) is 0. The molecule has 0 radical (unpaired) electrons. The number of nitrogen functional groups attached to an aromatic ring is 1. The molecule has 0 spiro atoms. The van der Waals surface area contributed by atoms with Crippen LogP contribution in [0.3, 0.4) is 0 Å². The van der Waals surface area contributed by atoms with Gasteiger partial charge in [0, 0.05) is 6.20 Å². The standard InChI is InChI=1S/C11H11BrN4/c1-6-3-4-8(14-5-6)11-15-7(2)9(12)10(13)16-11/h3-5H,1-2H3,(H2,13,15,16). The van der Waals surface area contributed by atoms with Crippen LogP contribution in [0.15, 0.2) is 22.8 Å². The van der Waals surface area contributed by atoms with E-state index in [4.69, 9.17) is 5.73 Å². The van der Waals surface area contributed by atoms with Gasteiger partial charge in [-0.15, -0.1) is 0 Å². The number of pyridine rings is 1. The lowest BCUT2D eigenvalue weighted by Gasteiger charge is -2.05. The molecule has 16 heavy (non-hydrogen) atoms. The first-order chi connectivity index (χ1) is 7.58. The molecule has 0 aliphatic heterocycles. The molecule has 0 atom stereocenters. The third-order valence-corrected chi connectivity index (χ3v) is 3.16. The van der Waals surface area contributed by atoms with Gasteiger partial charge in [0.15, 0.2) is 5.82 Å². The molecule has 82 valence electrons. The van der Waals surface area contributed by atoms with Crippen molar-refractivity contribution in [3.63, 3.8) is 0 Å². The first-order valence-corrected chi connectivity index (χ1v) is 5.60. The predicted octanol–water partition coefficient (Wildman–Crippen LogP) is 2.50. The molecule has 0 saturated carbocycles. The summed E-state index contributed by atoms with van der Waals surface area (Å²) in [6.07, 6.45) is 1.78. The lowest BCUT2D eigenvalue weighted by Crippen LogP contribution is -2.00. The van der Waals surface area contributed by atoms with Crippen molar-refractivity contribution in [2.75, 3.05) is 5.73 Å². The van der Waals surface area contributed by atoms with E-state index in [1.165, 1.54) is 0 Å². The minimum atomic E-state index is 0.435. The molecule has 2 heterocycles. The molecule has 0 amide bonds. The number of hydrogen-bond acceptors (Lipinski definition) is 4. The molecule has 5 heteroatoms. The zero-order valence-corrected chi connectivity index (χ0v) is 10.6. The van der Waals surface area contributed by atoms with Crippen LogP contribution in [0, 0.1) is 13.8 Å². The van der Waals surface area contributed by atoms with Crippen LogP contribution in [0.5, 0.6) is 0 Å². The van der Waals surface area contributed by atoms with Gasteiger partial charge < -0.3 is 5.73 Å². The van der Waals surface area contributed by atoms with E-state index in [0.29, 0.717) is 11.6 Å². The highest BCUT2D eigenvalue weighted by Crippen LogP contribution is 2.23. The van der Waals surface area contributed by atoms with Crippen molar-refractivity contribution in [1.29, 1.82) is 0 Å². The van der Waals surface area contributed by atoms with Crippen molar-refractivity contribution in [3.8, 4) is 11.5 Å². The van der Waals surface area contributed by atoms with Gasteiger partial charge in [-0.25, -0.2) is 9.97 Å². The summed E-state index contributed by atoms with van der Waals surface area (Å²) < 4.78 is 0.739. The maximum Gasteiger partial charge on any atom is 0.180 e. The normalized spacial score (nSPS) is 10.4. The van der Waals surface area contributed by atoms with Crippen LogP contribution in [0.1, 0.15) is 11.3 Å². The van der Waals surface area contributed by atoms with Gasteiger partial charge in [0.05, 0.1) is 10.2 Å². The topological polar surface area (TPSA) is 64.7 Å². The van der Waals surface area contributed by atoms with Gasteiger partial charge in [-0.2, -0.15) is 0 Å². The van der Waals surface area contributed by atoms with Gasteiger partial charge in [0.25, 0.3) is 0 Å². The molecule has 2 aromatic rings. The Hall–Kier alpha value is -1.49. The molecule has 0 unspecified atom stereocenters. The van der Waals surface area contributed by atoms with E-state index in [2.05, 4.69) is 30.9 Å². The van der Waals surface area contributed by atoms with E-state index in [-0.39, 0.29) is 0 Å². The largest absolute Gasteiger partial charge is 0.383 e. The maximum absolute atomic E-state index is 5.76. The van der Waals surface area contributed by atoms with Crippen LogP contribution >= 0.6 is 15.9 Å². The highest BCUT2D eigenvalue weighted by atomic mass is 79.9. The molecule has 0 aliphatic carbocycles. The molecule has 0 aromatic carbocycles. The molecule has 0 aliphatic rings. The Balaban J connectivity index is 2.52. The Labute approximate surface area is 102 Å². The number of anilines is 1. The highest BCUT2D eigenvalue weighted by molar-refractivity contribution is 9.10. The first-order valence-electron chi connectivity index (χ1n) is 4.80. The Morgan fingerprint density at radius 3 is 2.50 bits per heavy atom. The average molecular weight is 279 g/mol. The molecule has 2 rings (SSSR count). The SMILES string of the molecule is Cc1ccc(-c2nc(C)c(Br)c(N)n2)nc1. The summed E-state index contributed by atoms with van der Waals surface area (Å²) >= 11 is 3.33. The minimum Gasteiger partial charge on any atom is -0.383 e. The Bertz CT molecular complexity index is 499. The number of hydrogen-bond donors (Lipinski definition) is 1. The maximum atomic E-state index is 5.76. The Morgan fingerprint density at radius 1 is 1.19 bits per heavy atom. The lowest BCUT2D eigenvalue weighted by molar-refractivity contribution is 1.08. The van der Waals surface area contributed by atoms with Crippen molar-refractivity contribution in [2.24, 2.45) is 0 Å². The highest BCUT2D eigenvalue weighted by Gasteiger charge is 2.08. The van der Waals surface area contributed by atoms with Crippen molar-refractivity contribution in [1.82, 2.24) is 15.0 Å². The Morgan fingerprint density at radius 2 is 1.94 bits per heavy atom. The van der Waals surface area contributed by atoms with Gasteiger partial charge in [-0.1, -0.05) is 6.07 Å². The number of nitrogens with two attached hydrogens (primary N) is 1. The summed E-state index contributed by atoms with van der Waals surface area (Å²) in [4.78, 5) is 12.8. The number of aromatic nitrogens is 3. The summed E-state index contributed by atoms with van der Waals surface area (Å²) in [6, 6.07) is 3.86. The van der Waals surface area contributed by atoms with E-state index in [9.17, 15) is 0 Å². The second-order valence-electron chi connectivity index (χ2n) is 3.55. The third-order valence-electron chi connectivity index (χ3n) is 2.18. The van der Waals surface area contributed by atoms with Crippen molar-refractivity contribution in [2.45, 2.75) is 13.8 Å². The molecule has 0 saturated heterocycles. The molecule has 4 nitrogen and oxygen atoms in total. The molecular weight excluding hydrogens is 268 g/mol. The van der Waals surface area contributed by atoms with Crippen molar-refractivity contribution >= 4 is 21.7 Å². The fraction of sp³-hybridized carbons (Fsp3) is 0.182. The van der Waals surface area contributed by atoms with Crippen LogP contribution in [0.25, 0.3) is 11.5 Å². The van der Waals surface area contributed by atoms with E-state index in [1.54, 1.807) is 6.20 Å².